The summed E-state index contributed by atoms with van der Waals surface area (Å²) in [6.07, 6.45) is 3.95. The van der Waals surface area contributed by atoms with Crippen molar-refractivity contribution in [2.24, 2.45) is 5.92 Å². The molecule has 0 spiro atoms. The summed E-state index contributed by atoms with van der Waals surface area (Å²) in [4.78, 5) is 11.4. The van der Waals surface area contributed by atoms with E-state index in [1.165, 1.54) is 0 Å². The minimum absolute atomic E-state index is 0.151. The lowest BCUT2D eigenvalue weighted by molar-refractivity contribution is 0.0402. The highest BCUT2D eigenvalue weighted by Crippen LogP contribution is 2.32. The molecule has 2 aromatic rings. The molecular formula is C18H25BrN4O2. The summed E-state index contributed by atoms with van der Waals surface area (Å²) in [6, 6.07) is 4.42. The van der Waals surface area contributed by atoms with E-state index in [9.17, 15) is 0 Å². The first-order valence-corrected chi connectivity index (χ1v) is 9.62. The fourth-order valence-electron chi connectivity index (χ4n) is 3.02. The van der Waals surface area contributed by atoms with Gasteiger partial charge in [0.1, 0.15) is 6.10 Å². The van der Waals surface area contributed by atoms with Crippen molar-refractivity contribution in [3.8, 4) is 0 Å². The van der Waals surface area contributed by atoms with Gasteiger partial charge in [0.2, 0.25) is 5.89 Å². The third kappa shape index (κ3) is 4.86. The van der Waals surface area contributed by atoms with Gasteiger partial charge in [0, 0.05) is 17.3 Å². The zero-order valence-corrected chi connectivity index (χ0v) is 16.6. The zero-order valence-electron chi connectivity index (χ0n) is 15.0. The van der Waals surface area contributed by atoms with Crippen LogP contribution < -0.4 is 0 Å². The van der Waals surface area contributed by atoms with Gasteiger partial charge in [-0.15, -0.1) is 0 Å². The molecule has 2 atom stereocenters. The van der Waals surface area contributed by atoms with Crippen molar-refractivity contribution in [2.75, 3.05) is 13.2 Å². The minimum atomic E-state index is -0.151. The molecule has 3 heterocycles. The molecule has 1 fully saturated rings. The first-order chi connectivity index (χ1) is 12.0. The van der Waals surface area contributed by atoms with Crippen molar-refractivity contribution in [1.29, 1.82) is 0 Å². The van der Waals surface area contributed by atoms with Crippen LogP contribution in [0.4, 0.5) is 0 Å². The Bertz CT molecular complexity index is 674. The lowest BCUT2D eigenvalue weighted by atomic mass is 10.1. The van der Waals surface area contributed by atoms with Crippen LogP contribution in [0.3, 0.4) is 0 Å². The Hall–Kier alpha value is -1.31. The number of halogens is 1. The molecule has 0 unspecified atom stereocenters. The van der Waals surface area contributed by atoms with E-state index < -0.39 is 0 Å². The molecule has 0 aromatic carbocycles. The number of hydrogen-bond acceptors (Lipinski definition) is 6. The summed E-state index contributed by atoms with van der Waals surface area (Å²) < 4.78 is 12.2. The molecule has 6 nitrogen and oxygen atoms in total. The van der Waals surface area contributed by atoms with Gasteiger partial charge in [-0.2, -0.15) is 4.98 Å². The molecule has 0 amide bonds. The largest absolute Gasteiger partial charge is 0.370 e. The summed E-state index contributed by atoms with van der Waals surface area (Å²) >= 11 is 3.44. The Labute approximate surface area is 157 Å². The lowest BCUT2D eigenvalue weighted by Crippen LogP contribution is -2.23. The van der Waals surface area contributed by atoms with Crippen LogP contribution >= 0.6 is 15.9 Å². The molecule has 0 radical (unpaired) electrons. The molecular weight excluding hydrogens is 384 g/mol. The highest BCUT2D eigenvalue weighted by molar-refractivity contribution is 9.10. The van der Waals surface area contributed by atoms with Crippen LogP contribution in [0.25, 0.3) is 0 Å². The number of hydrogen-bond donors (Lipinski definition) is 0. The van der Waals surface area contributed by atoms with Crippen LogP contribution in [0, 0.1) is 5.92 Å². The second kappa shape index (κ2) is 8.38. The molecule has 2 aromatic heterocycles. The lowest BCUT2D eigenvalue weighted by Gasteiger charge is -2.22. The van der Waals surface area contributed by atoms with Gasteiger partial charge in [0.25, 0.3) is 0 Å². The topological polar surface area (TPSA) is 64.3 Å². The van der Waals surface area contributed by atoms with Gasteiger partial charge in [-0.05, 0) is 60.3 Å². The van der Waals surface area contributed by atoms with Gasteiger partial charge in [0.05, 0.1) is 18.3 Å². The normalized spacial score (nSPS) is 19.6. The van der Waals surface area contributed by atoms with Crippen LogP contribution in [-0.2, 0) is 11.3 Å². The summed E-state index contributed by atoms with van der Waals surface area (Å²) in [5, 5.41) is 4.09. The SMILES string of the molecule is CC(C)CO[C@H](C)c1noc(CN2CCC[C@@H]2c2ccc(Br)cn2)n1. The van der Waals surface area contributed by atoms with Crippen LogP contribution in [-0.4, -0.2) is 33.2 Å². The number of pyridine rings is 1. The van der Waals surface area contributed by atoms with E-state index in [-0.39, 0.29) is 6.10 Å². The average Bonchev–Trinajstić information content (AvgIpc) is 3.23. The molecule has 7 heteroatoms. The molecule has 1 aliphatic rings. The van der Waals surface area contributed by atoms with E-state index in [0.29, 0.717) is 36.8 Å². The highest BCUT2D eigenvalue weighted by atomic mass is 79.9. The number of ether oxygens (including phenoxy) is 1. The van der Waals surface area contributed by atoms with Gasteiger partial charge in [-0.25, -0.2) is 0 Å². The van der Waals surface area contributed by atoms with Gasteiger partial charge >= 0.3 is 0 Å². The van der Waals surface area contributed by atoms with Crippen molar-refractivity contribution < 1.29 is 9.26 Å². The minimum Gasteiger partial charge on any atom is -0.370 e. The Balaban J connectivity index is 1.62. The molecule has 1 saturated heterocycles. The van der Waals surface area contributed by atoms with Crippen LogP contribution in [0.2, 0.25) is 0 Å². The predicted molar refractivity (Wildman–Crippen MR) is 97.8 cm³/mol. The molecule has 1 aliphatic heterocycles. The first kappa shape index (κ1) is 18.5. The third-order valence-corrected chi connectivity index (χ3v) is 4.79. The third-order valence-electron chi connectivity index (χ3n) is 4.32. The predicted octanol–water partition coefficient (Wildman–Crippen LogP) is 4.30. The summed E-state index contributed by atoms with van der Waals surface area (Å²) in [5.74, 6) is 1.74. The van der Waals surface area contributed by atoms with E-state index in [1.807, 2.05) is 19.2 Å². The zero-order chi connectivity index (χ0) is 17.8. The molecule has 0 aliphatic carbocycles. The Morgan fingerprint density at radius 3 is 2.92 bits per heavy atom. The van der Waals surface area contributed by atoms with Crippen molar-refractivity contribution in [3.63, 3.8) is 0 Å². The fourth-order valence-corrected chi connectivity index (χ4v) is 3.25. The van der Waals surface area contributed by atoms with Crippen molar-refractivity contribution in [3.05, 3.63) is 40.2 Å². The Morgan fingerprint density at radius 1 is 1.36 bits per heavy atom. The van der Waals surface area contributed by atoms with Crippen molar-refractivity contribution in [2.45, 2.75) is 52.3 Å². The quantitative estimate of drug-likeness (QED) is 0.680. The maximum absolute atomic E-state index is 5.76. The summed E-state index contributed by atoms with van der Waals surface area (Å²) in [6.45, 7) is 8.55. The van der Waals surface area contributed by atoms with Gasteiger partial charge < -0.3 is 9.26 Å². The average molecular weight is 409 g/mol. The first-order valence-electron chi connectivity index (χ1n) is 8.82. The number of likely N-dealkylation sites (tertiary alicyclic amines) is 1. The highest BCUT2D eigenvalue weighted by Gasteiger charge is 2.28. The van der Waals surface area contributed by atoms with Crippen LogP contribution in [0.5, 0.6) is 0 Å². The number of nitrogens with zero attached hydrogens (tertiary/aromatic N) is 4. The van der Waals surface area contributed by atoms with E-state index in [1.54, 1.807) is 0 Å². The van der Waals surface area contributed by atoms with E-state index >= 15 is 0 Å². The van der Waals surface area contributed by atoms with E-state index in [2.05, 4.69) is 55.9 Å². The van der Waals surface area contributed by atoms with Gasteiger partial charge in [0.15, 0.2) is 5.82 Å². The van der Waals surface area contributed by atoms with Gasteiger partial charge in [-0.1, -0.05) is 19.0 Å². The summed E-state index contributed by atoms with van der Waals surface area (Å²) in [7, 11) is 0. The standard InChI is InChI=1S/C18H25BrN4O2/c1-12(2)11-24-13(3)18-21-17(25-22-18)10-23-8-4-5-16(23)15-7-6-14(19)9-20-15/h6-7,9,12-13,16H,4-5,8,10-11H2,1-3H3/t13-,16-/m1/s1. The van der Waals surface area contributed by atoms with Crippen LogP contribution in [0.15, 0.2) is 27.3 Å². The van der Waals surface area contributed by atoms with E-state index in [0.717, 1.165) is 29.6 Å². The summed E-state index contributed by atoms with van der Waals surface area (Å²) in [5.41, 5.74) is 1.09. The van der Waals surface area contributed by atoms with Gasteiger partial charge in [-0.3, -0.25) is 9.88 Å². The molecule has 0 N–H and O–H groups in total. The smallest absolute Gasteiger partial charge is 0.240 e. The number of aromatic nitrogens is 3. The number of rotatable bonds is 7. The molecule has 3 rings (SSSR count). The monoisotopic (exact) mass is 408 g/mol. The molecule has 0 bridgehead atoms. The van der Waals surface area contributed by atoms with Crippen molar-refractivity contribution in [1.82, 2.24) is 20.0 Å². The van der Waals surface area contributed by atoms with Crippen LogP contribution in [0.1, 0.15) is 63.2 Å². The van der Waals surface area contributed by atoms with Crippen molar-refractivity contribution >= 4 is 15.9 Å². The second-order valence-corrected chi connectivity index (χ2v) is 7.86. The second-order valence-electron chi connectivity index (χ2n) is 6.95. The maximum Gasteiger partial charge on any atom is 0.240 e. The Kier molecular flexibility index (Phi) is 6.19. The Morgan fingerprint density at radius 2 is 2.20 bits per heavy atom. The molecule has 136 valence electrons. The molecule has 0 saturated carbocycles. The van der Waals surface area contributed by atoms with E-state index in [4.69, 9.17) is 9.26 Å². The fraction of sp³-hybridized carbons (Fsp3) is 0.611. The molecule has 25 heavy (non-hydrogen) atoms. The maximum atomic E-state index is 5.76.